The third kappa shape index (κ3) is 3.25. The number of aromatic nitrogens is 2. The average molecular weight is 385 g/mol. The number of nitro groups is 1. The Bertz CT molecular complexity index is 1120. The number of hydrogen-bond acceptors (Lipinski definition) is 8. The molecule has 2 heterocycles. The molecule has 0 radical (unpaired) electrons. The zero-order valence-electron chi connectivity index (χ0n) is 13.5. The van der Waals surface area contributed by atoms with E-state index in [0.717, 1.165) is 12.3 Å². The first-order valence-corrected chi connectivity index (χ1v) is 9.34. The van der Waals surface area contributed by atoms with Gasteiger partial charge in [0.05, 0.1) is 28.2 Å². The molecule has 0 amide bonds. The van der Waals surface area contributed by atoms with E-state index in [0.29, 0.717) is 13.0 Å². The Labute approximate surface area is 145 Å². The zero-order chi connectivity index (χ0) is 19.2. The predicted octanol–water partition coefficient (Wildman–Crippen LogP) is -1.33. The summed E-state index contributed by atoms with van der Waals surface area (Å²) >= 11 is 0. The number of benzene rings is 1. The molecule has 1 aromatic heterocycles. The van der Waals surface area contributed by atoms with Gasteiger partial charge in [0.1, 0.15) is 5.69 Å². The van der Waals surface area contributed by atoms with E-state index in [1.807, 2.05) is 0 Å². The van der Waals surface area contributed by atoms with E-state index < -0.39 is 32.3 Å². The summed E-state index contributed by atoms with van der Waals surface area (Å²) in [6, 6.07) is 2.26. The van der Waals surface area contributed by atoms with Gasteiger partial charge in [-0.05, 0) is 12.5 Å². The number of aliphatic hydroxyl groups is 1. The van der Waals surface area contributed by atoms with Crippen LogP contribution in [0.3, 0.4) is 0 Å². The van der Waals surface area contributed by atoms with Crippen LogP contribution in [-0.2, 0) is 10.0 Å². The highest BCUT2D eigenvalue weighted by atomic mass is 32.2. The van der Waals surface area contributed by atoms with Crippen LogP contribution in [0.25, 0.3) is 10.9 Å². The van der Waals surface area contributed by atoms with Gasteiger partial charge in [0.15, 0.2) is 0 Å². The number of sulfonamides is 1. The molecule has 1 aliphatic rings. The molecule has 0 bridgehead atoms. The smallest absolute Gasteiger partial charge is 0.348 e. The number of rotatable bonds is 4. The molecule has 140 valence electrons. The molecule has 1 atom stereocenters. The number of β-amino-alcohol motifs (C(OH)–C–C–N with tert-alkyl or cyclic N) is 1. The Morgan fingerprint density at radius 3 is 2.62 bits per heavy atom. The largest absolute Gasteiger partial charge is 0.391 e. The summed E-state index contributed by atoms with van der Waals surface area (Å²) in [6.07, 6.45) is 0.542. The SMILES string of the molecule is CS(=O)(=O)Nn1c(=O)[nH]c2cc([N+](=O)[O-])c(N3CC[C@@H](O)C3)cc2c1=O. The molecule has 1 fully saturated rings. The lowest BCUT2D eigenvalue weighted by molar-refractivity contribution is -0.384. The van der Waals surface area contributed by atoms with Gasteiger partial charge in [-0.15, -0.1) is 0 Å². The van der Waals surface area contributed by atoms with Crippen LogP contribution < -0.4 is 21.0 Å². The van der Waals surface area contributed by atoms with Crippen LogP contribution >= 0.6 is 0 Å². The Hall–Kier alpha value is -2.93. The van der Waals surface area contributed by atoms with Gasteiger partial charge in [0, 0.05) is 19.2 Å². The second-order valence-electron chi connectivity index (χ2n) is 5.97. The lowest BCUT2D eigenvalue weighted by Crippen LogP contribution is -2.43. The topological polar surface area (TPSA) is 168 Å². The Morgan fingerprint density at radius 1 is 1.38 bits per heavy atom. The number of anilines is 1. The Morgan fingerprint density at radius 2 is 2.08 bits per heavy atom. The number of H-pyrrole nitrogens is 1. The fourth-order valence-corrected chi connectivity index (χ4v) is 3.35. The molecule has 1 aromatic carbocycles. The van der Waals surface area contributed by atoms with E-state index in [1.54, 1.807) is 9.73 Å². The van der Waals surface area contributed by atoms with Crippen LogP contribution in [0.2, 0.25) is 0 Å². The average Bonchev–Trinajstić information content (AvgIpc) is 2.96. The number of nitro benzene ring substituents is 1. The van der Waals surface area contributed by atoms with Crippen LogP contribution in [-0.4, -0.2) is 53.6 Å². The Balaban J connectivity index is 2.28. The maximum atomic E-state index is 12.5. The predicted molar refractivity (Wildman–Crippen MR) is 92.5 cm³/mol. The summed E-state index contributed by atoms with van der Waals surface area (Å²) in [4.78, 5) is 40.8. The van der Waals surface area contributed by atoms with Crippen LogP contribution in [0.15, 0.2) is 21.7 Å². The number of nitrogens with zero attached hydrogens (tertiary/aromatic N) is 3. The minimum absolute atomic E-state index is 0.0956. The number of aliphatic hydroxyl groups excluding tert-OH is 1. The molecule has 2 aromatic rings. The molecule has 1 saturated heterocycles. The first-order chi connectivity index (χ1) is 12.1. The molecule has 3 N–H and O–H groups in total. The zero-order valence-corrected chi connectivity index (χ0v) is 14.3. The van der Waals surface area contributed by atoms with Crippen molar-refractivity contribution in [1.29, 1.82) is 0 Å². The number of fused-ring (bicyclic) bond motifs is 1. The first kappa shape index (κ1) is 17.9. The third-order valence-corrected chi connectivity index (χ3v) is 4.46. The molecule has 0 aliphatic carbocycles. The second kappa shape index (κ2) is 6.10. The summed E-state index contributed by atoms with van der Waals surface area (Å²) in [5.41, 5.74) is -2.37. The summed E-state index contributed by atoms with van der Waals surface area (Å²) in [5.74, 6) is 0. The van der Waals surface area contributed by atoms with Gasteiger partial charge in [-0.3, -0.25) is 14.9 Å². The normalized spacial score (nSPS) is 17.6. The minimum Gasteiger partial charge on any atom is -0.391 e. The summed E-state index contributed by atoms with van der Waals surface area (Å²) in [7, 11) is -3.90. The van der Waals surface area contributed by atoms with E-state index in [4.69, 9.17) is 0 Å². The van der Waals surface area contributed by atoms with Gasteiger partial charge in [-0.25, -0.2) is 18.0 Å². The quantitative estimate of drug-likeness (QED) is 0.430. The maximum Gasteiger partial charge on any atom is 0.348 e. The van der Waals surface area contributed by atoms with Crippen molar-refractivity contribution >= 4 is 32.3 Å². The molecule has 13 heteroatoms. The van der Waals surface area contributed by atoms with E-state index in [1.165, 1.54) is 6.07 Å². The maximum absolute atomic E-state index is 12.5. The molecule has 0 saturated carbocycles. The lowest BCUT2D eigenvalue weighted by Gasteiger charge is -2.18. The van der Waals surface area contributed by atoms with Gasteiger partial charge in [0.25, 0.3) is 11.2 Å². The van der Waals surface area contributed by atoms with Gasteiger partial charge >= 0.3 is 5.69 Å². The van der Waals surface area contributed by atoms with Crippen LogP contribution in [0.4, 0.5) is 11.4 Å². The summed E-state index contributed by atoms with van der Waals surface area (Å²) in [6.45, 7) is 0.512. The summed E-state index contributed by atoms with van der Waals surface area (Å²) in [5, 5.41) is 20.9. The van der Waals surface area contributed by atoms with Crippen molar-refractivity contribution < 1.29 is 18.4 Å². The highest BCUT2D eigenvalue weighted by molar-refractivity contribution is 7.91. The van der Waals surface area contributed by atoms with Crippen molar-refractivity contribution in [2.75, 3.05) is 29.1 Å². The van der Waals surface area contributed by atoms with Gasteiger partial charge in [0.2, 0.25) is 10.0 Å². The molecule has 0 unspecified atom stereocenters. The molecule has 3 rings (SSSR count). The molecule has 1 aliphatic heterocycles. The van der Waals surface area contributed by atoms with Crippen molar-refractivity contribution in [3.63, 3.8) is 0 Å². The van der Waals surface area contributed by atoms with Crippen molar-refractivity contribution in [2.24, 2.45) is 0 Å². The van der Waals surface area contributed by atoms with Crippen LogP contribution in [0.5, 0.6) is 0 Å². The second-order valence-corrected chi connectivity index (χ2v) is 7.69. The fraction of sp³-hybridized carbons (Fsp3) is 0.385. The van der Waals surface area contributed by atoms with E-state index in [2.05, 4.69) is 4.98 Å². The van der Waals surface area contributed by atoms with E-state index in [9.17, 15) is 33.2 Å². The van der Waals surface area contributed by atoms with Gasteiger partial charge in [-0.2, -0.15) is 4.68 Å². The van der Waals surface area contributed by atoms with Crippen LogP contribution in [0.1, 0.15) is 6.42 Å². The number of hydrogen-bond donors (Lipinski definition) is 3. The minimum atomic E-state index is -3.90. The number of nitrogens with one attached hydrogen (secondary N) is 2. The van der Waals surface area contributed by atoms with E-state index in [-0.39, 0.29) is 33.5 Å². The van der Waals surface area contributed by atoms with Crippen molar-refractivity contribution in [3.8, 4) is 0 Å². The highest BCUT2D eigenvalue weighted by Gasteiger charge is 2.28. The fourth-order valence-electron chi connectivity index (χ4n) is 2.85. The lowest BCUT2D eigenvalue weighted by atomic mass is 10.1. The molecule has 26 heavy (non-hydrogen) atoms. The Kier molecular flexibility index (Phi) is 4.20. The third-order valence-electron chi connectivity index (χ3n) is 3.95. The van der Waals surface area contributed by atoms with Gasteiger partial charge < -0.3 is 15.0 Å². The standard InChI is InChI=1S/C13H15N5O7S/c1-26(24,25)15-17-12(20)8-4-10(16-3-2-7(19)6-16)11(18(22)23)5-9(8)14-13(17)21/h4-5,7,15,19H,2-3,6H2,1H3,(H,14,21)/t7-/m1/s1. The molecular weight excluding hydrogens is 370 g/mol. The van der Waals surface area contributed by atoms with Crippen molar-refractivity contribution in [3.05, 3.63) is 43.1 Å². The molecule has 0 spiro atoms. The van der Waals surface area contributed by atoms with E-state index >= 15 is 0 Å². The van der Waals surface area contributed by atoms with Crippen molar-refractivity contribution in [1.82, 2.24) is 9.66 Å². The van der Waals surface area contributed by atoms with Crippen molar-refractivity contribution in [2.45, 2.75) is 12.5 Å². The number of aromatic amines is 1. The highest BCUT2D eigenvalue weighted by Crippen LogP contribution is 2.33. The molecule has 12 nitrogen and oxygen atoms in total. The van der Waals surface area contributed by atoms with Crippen LogP contribution in [0, 0.1) is 10.1 Å². The van der Waals surface area contributed by atoms with Gasteiger partial charge in [-0.1, -0.05) is 0 Å². The molecular formula is C13H15N5O7S. The summed E-state index contributed by atoms with van der Waals surface area (Å²) < 4.78 is 23.0. The first-order valence-electron chi connectivity index (χ1n) is 7.45. The monoisotopic (exact) mass is 385 g/mol.